The molecule has 0 fully saturated rings. The van der Waals surface area contributed by atoms with E-state index in [1.54, 1.807) is 0 Å². The Balaban J connectivity index is 2.79. The molecular weight excluding hydrogens is 268 g/mol. The average molecular weight is 282 g/mol. The summed E-state index contributed by atoms with van der Waals surface area (Å²) in [5, 5.41) is 15.4. The number of carbonyl (C=O) groups is 2. The highest BCUT2D eigenvalue weighted by molar-refractivity contribution is 5.90. The number of nitro groups is 1. The zero-order valence-corrected chi connectivity index (χ0v) is 10.7. The second-order valence-corrected chi connectivity index (χ2v) is 3.76. The normalized spacial score (nSPS) is 9.65. The van der Waals surface area contributed by atoms with Gasteiger partial charge in [0.2, 0.25) is 5.91 Å². The molecule has 0 atom stereocenters. The number of carbonyl (C=O) groups excluding carboxylic acids is 2. The lowest BCUT2D eigenvalue weighted by Gasteiger charge is -2.11. The van der Waals surface area contributed by atoms with Crippen molar-refractivity contribution in [2.24, 2.45) is 5.73 Å². The second-order valence-electron chi connectivity index (χ2n) is 3.76. The van der Waals surface area contributed by atoms with Gasteiger partial charge in [-0.3, -0.25) is 14.9 Å². The SMILES string of the molecule is CC(=O)Nc1cc([N+](=O)[O-])ccc1OCCNC(N)=O. The number of rotatable bonds is 6. The highest BCUT2D eigenvalue weighted by atomic mass is 16.6. The fraction of sp³-hybridized carbons (Fsp3) is 0.273. The van der Waals surface area contributed by atoms with Gasteiger partial charge >= 0.3 is 6.03 Å². The second kappa shape index (κ2) is 6.92. The number of nitrogens with one attached hydrogen (secondary N) is 2. The van der Waals surface area contributed by atoms with Gasteiger partial charge in [0, 0.05) is 19.1 Å². The van der Waals surface area contributed by atoms with Crippen molar-refractivity contribution in [1.82, 2.24) is 5.32 Å². The van der Waals surface area contributed by atoms with Crippen LogP contribution in [0.25, 0.3) is 0 Å². The molecule has 9 nitrogen and oxygen atoms in total. The number of hydrogen-bond acceptors (Lipinski definition) is 5. The first-order chi connectivity index (χ1) is 9.40. The first-order valence-electron chi connectivity index (χ1n) is 5.62. The molecule has 0 bridgehead atoms. The minimum atomic E-state index is -0.681. The van der Waals surface area contributed by atoms with Crippen LogP contribution in [0.15, 0.2) is 18.2 Å². The number of nitro benzene ring substituents is 1. The van der Waals surface area contributed by atoms with E-state index >= 15 is 0 Å². The number of hydrogen-bond donors (Lipinski definition) is 3. The quantitative estimate of drug-likeness (QED) is 0.398. The molecule has 1 rings (SSSR count). The van der Waals surface area contributed by atoms with Gasteiger partial charge in [0.05, 0.1) is 17.2 Å². The average Bonchev–Trinajstić information content (AvgIpc) is 2.34. The Bertz CT molecular complexity index is 532. The van der Waals surface area contributed by atoms with E-state index in [0.717, 1.165) is 0 Å². The summed E-state index contributed by atoms with van der Waals surface area (Å²) in [7, 11) is 0. The fourth-order valence-corrected chi connectivity index (χ4v) is 1.38. The van der Waals surface area contributed by atoms with Crippen LogP contribution in [0, 0.1) is 10.1 Å². The zero-order chi connectivity index (χ0) is 15.1. The summed E-state index contributed by atoms with van der Waals surface area (Å²) in [6, 6.07) is 3.13. The van der Waals surface area contributed by atoms with E-state index in [-0.39, 0.29) is 36.2 Å². The van der Waals surface area contributed by atoms with Crippen LogP contribution >= 0.6 is 0 Å². The maximum Gasteiger partial charge on any atom is 0.312 e. The van der Waals surface area contributed by atoms with E-state index in [1.807, 2.05) is 0 Å². The van der Waals surface area contributed by atoms with Crippen LogP contribution in [0.1, 0.15) is 6.92 Å². The Morgan fingerprint density at radius 2 is 2.15 bits per heavy atom. The van der Waals surface area contributed by atoms with Gasteiger partial charge in [0.15, 0.2) is 0 Å². The molecule has 0 aliphatic rings. The largest absolute Gasteiger partial charge is 0.490 e. The van der Waals surface area contributed by atoms with Crippen molar-refractivity contribution in [2.75, 3.05) is 18.5 Å². The first kappa shape index (κ1) is 15.2. The van der Waals surface area contributed by atoms with Crippen molar-refractivity contribution >= 4 is 23.3 Å². The number of primary amides is 1. The molecule has 20 heavy (non-hydrogen) atoms. The Hall–Kier alpha value is -2.84. The summed E-state index contributed by atoms with van der Waals surface area (Å²) in [4.78, 5) is 31.6. The van der Waals surface area contributed by atoms with Gasteiger partial charge in [-0.25, -0.2) is 4.79 Å². The Kier molecular flexibility index (Phi) is 5.27. The van der Waals surface area contributed by atoms with Crippen LogP contribution in [-0.4, -0.2) is 30.0 Å². The van der Waals surface area contributed by atoms with Crippen LogP contribution in [0.4, 0.5) is 16.2 Å². The molecule has 0 spiro atoms. The molecule has 0 unspecified atom stereocenters. The summed E-state index contributed by atoms with van der Waals surface area (Å²) in [6.07, 6.45) is 0. The number of amides is 3. The topological polar surface area (TPSA) is 137 Å². The summed E-state index contributed by atoms with van der Waals surface area (Å²) in [5.74, 6) is -0.123. The van der Waals surface area contributed by atoms with Crippen molar-refractivity contribution in [3.8, 4) is 5.75 Å². The van der Waals surface area contributed by atoms with Crippen LogP contribution in [-0.2, 0) is 4.79 Å². The van der Waals surface area contributed by atoms with Crippen LogP contribution in [0.3, 0.4) is 0 Å². The lowest BCUT2D eigenvalue weighted by atomic mass is 10.2. The van der Waals surface area contributed by atoms with Gasteiger partial charge < -0.3 is 21.1 Å². The smallest absolute Gasteiger partial charge is 0.312 e. The number of non-ortho nitro benzene ring substituents is 1. The molecule has 3 amide bonds. The molecule has 0 heterocycles. The molecular formula is C11H14N4O5. The van der Waals surface area contributed by atoms with E-state index in [2.05, 4.69) is 10.6 Å². The zero-order valence-electron chi connectivity index (χ0n) is 10.7. The number of anilines is 1. The molecule has 9 heteroatoms. The molecule has 0 saturated carbocycles. The predicted molar refractivity (Wildman–Crippen MR) is 70.5 cm³/mol. The van der Waals surface area contributed by atoms with Crippen LogP contribution < -0.4 is 21.1 Å². The molecule has 0 saturated heterocycles. The molecule has 0 radical (unpaired) electrons. The maximum atomic E-state index is 11.1. The van der Waals surface area contributed by atoms with Gasteiger partial charge in [0.1, 0.15) is 12.4 Å². The fourth-order valence-electron chi connectivity index (χ4n) is 1.38. The van der Waals surface area contributed by atoms with Gasteiger partial charge in [-0.2, -0.15) is 0 Å². The van der Waals surface area contributed by atoms with Crippen molar-refractivity contribution in [3.63, 3.8) is 0 Å². The number of nitrogens with two attached hydrogens (primary N) is 1. The van der Waals surface area contributed by atoms with E-state index < -0.39 is 11.0 Å². The molecule has 0 aliphatic heterocycles. The monoisotopic (exact) mass is 282 g/mol. The minimum absolute atomic E-state index is 0.104. The Morgan fingerprint density at radius 1 is 1.45 bits per heavy atom. The lowest BCUT2D eigenvalue weighted by Crippen LogP contribution is -2.32. The predicted octanol–water partition coefficient (Wildman–Crippen LogP) is 0.600. The highest BCUT2D eigenvalue weighted by Gasteiger charge is 2.12. The third kappa shape index (κ3) is 4.80. The molecule has 0 aliphatic carbocycles. The third-order valence-corrected chi connectivity index (χ3v) is 2.14. The van der Waals surface area contributed by atoms with Crippen molar-refractivity contribution in [1.29, 1.82) is 0 Å². The van der Waals surface area contributed by atoms with Crippen molar-refractivity contribution < 1.29 is 19.2 Å². The number of nitrogens with zero attached hydrogens (tertiary/aromatic N) is 1. The van der Waals surface area contributed by atoms with Gasteiger partial charge in [0.25, 0.3) is 5.69 Å². The van der Waals surface area contributed by atoms with Gasteiger partial charge in [-0.15, -0.1) is 0 Å². The number of urea groups is 1. The van der Waals surface area contributed by atoms with Gasteiger partial charge in [-0.1, -0.05) is 0 Å². The van der Waals surface area contributed by atoms with Crippen molar-refractivity contribution in [2.45, 2.75) is 6.92 Å². The molecule has 4 N–H and O–H groups in total. The standard InChI is InChI=1S/C11H14N4O5/c1-7(16)14-9-6-8(15(18)19)2-3-10(9)20-5-4-13-11(12)17/h2-3,6H,4-5H2,1H3,(H,14,16)(H3,12,13,17). The molecule has 1 aromatic carbocycles. The third-order valence-electron chi connectivity index (χ3n) is 2.14. The minimum Gasteiger partial charge on any atom is -0.490 e. The van der Waals surface area contributed by atoms with Crippen molar-refractivity contribution in [3.05, 3.63) is 28.3 Å². The Morgan fingerprint density at radius 3 is 2.70 bits per heavy atom. The Labute approximate surface area is 114 Å². The van der Waals surface area contributed by atoms with E-state index in [1.165, 1.54) is 25.1 Å². The summed E-state index contributed by atoms with van der Waals surface area (Å²) >= 11 is 0. The highest BCUT2D eigenvalue weighted by Crippen LogP contribution is 2.29. The van der Waals surface area contributed by atoms with Crippen LogP contribution in [0.2, 0.25) is 0 Å². The summed E-state index contributed by atoms with van der Waals surface area (Å²) < 4.78 is 5.32. The van der Waals surface area contributed by atoms with E-state index in [4.69, 9.17) is 10.5 Å². The summed E-state index contributed by atoms with van der Waals surface area (Å²) in [5.41, 5.74) is 4.90. The van der Waals surface area contributed by atoms with Crippen LogP contribution in [0.5, 0.6) is 5.75 Å². The maximum absolute atomic E-state index is 11.1. The lowest BCUT2D eigenvalue weighted by molar-refractivity contribution is -0.384. The van der Waals surface area contributed by atoms with E-state index in [0.29, 0.717) is 0 Å². The van der Waals surface area contributed by atoms with E-state index in [9.17, 15) is 19.7 Å². The number of ether oxygens (including phenoxy) is 1. The first-order valence-corrected chi connectivity index (χ1v) is 5.62. The molecule has 108 valence electrons. The summed E-state index contributed by atoms with van der Waals surface area (Å²) in [6.45, 7) is 1.55. The van der Waals surface area contributed by atoms with Gasteiger partial charge in [-0.05, 0) is 6.07 Å². The molecule has 0 aromatic heterocycles. The number of benzene rings is 1. The molecule has 1 aromatic rings.